The number of anilines is 2. The highest BCUT2D eigenvalue weighted by molar-refractivity contribution is 6.36. The molecule has 0 saturated heterocycles. The van der Waals surface area contributed by atoms with Gasteiger partial charge >= 0.3 is 0 Å². The molecule has 2 aromatic heterocycles. The van der Waals surface area contributed by atoms with Gasteiger partial charge in [0.1, 0.15) is 0 Å². The molecule has 0 spiro atoms. The molecule has 3 aromatic carbocycles. The van der Waals surface area contributed by atoms with Crippen LogP contribution in [0.1, 0.15) is 0 Å². The largest absolute Gasteiger partial charge is 0.324 e. The van der Waals surface area contributed by atoms with Crippen molar-refractivity contribution in [1.82, 2.24) is 15.0 Å². The van der Waals surface area contributed by atoms with Gasteiger partial charge in [0.2, 0.25) is 5.95 Å². The lowest BCUT2D eigenvalue weighted by Gasteiger charge is -2.11. The van der Waals surface area contributed by atoms with Crippen LogP contribution < -0.4 is 10.9 Å². The molecule has 5 nitrogen and oxygen atoms in total. The summed E-state index contributed by atoms with van der Waals surface area (Å²) in [6.07, 6.45) is 1.66. The molecule has 5 aromatic rings. The van der Waals surface area contributed by atoms with E-state index in [2.05, 4.69) is 20.3 Å². The van der Waals surface area contributed by atoms with Crippen LogP contribution in [0.15, 0.2) is 77.7 Å². The Morgan fingerprint density at radius 1 is 0.900 bits per heavy atom. The van der Waals surface area contributed by atoms with Crippen LogP contribution >= 0.6 is 23.2 Å². The Kier molecular flexibility index (Phi) is 4.62. The molecule has 0 amide bonds. The van der Waals surface area contributed by atoms with Gasteiger partial charge in [-0.2, -0.15) is 4.98 Å². The van der Waals surface area contributed by atoms with Crippen molar-refractivity contribution >= 4 is 56.6 Å². The van der Waals surface area contributed by atoms with Crippen LogP contribution in [-0.2, 0) is 0 Å². The van der Waals surface area contributed by atoms with Gasteiger partial charge in [-0.15, -0.1) is 0 Å². The Balaban J connectivity index is 1.67. The van der Waals surface area contributed by atoms with Crippen molar-refractivity contribution in [3.8, 4) is 11.1 Å². The zero-order valence-electron chi connectivity index (χ0n) is 15.5. The third kappa shape index (κ3) is 3.28. The molecule has 146 valence electrons. The average molecular weight is 433 g/mol. The summed E-state index contributed by atoms with van der Waals surface area (Å²) in [5.74, 6) is 0.249. The van der Waals surface area contributed by atoms with Crippen LogP contribution in [0.5, 0.6) is 0 Å². The molecule has 0 saturated carbocycles. The number of nitrogens with one attached hydrogen (secondary N) is 2. The molecular formula is C23H14Cl2N4O. The molecule has 0 atom stereocenters. The van der Waals surface area contributed by atoms with Gasteiger partial charge in [0.25, 0.3) is 5.56 Å². The lowest BCUT2D eigenvalue weighted by atomic mass is 9.97. The molecule has 5 rings (SSSR count). The minimum atomic E-state index is -0.288. The minimum absolute atomic E-state index is 0.249. The maximum atomic E-state index is 13.0. The number of halogens is 2. The summed E-state index contributed by atoms with van der Waals surface area (Å²) in [7, 11) is 0. The Bertz CT molecular complexity index is 1470. The Morgan fingerprint density at radius 3 is 2.60 bits per heavy atom. The number of fused-ring (bicyclic) bond motifs is 2. The summed E-state index contributed by atoms with van der Waals surface area (Å²) in [5.41, 5.74) is 2.37. The van der Waals surface area contributed by atoms with E-state index in [4.69, 9.17) is 23.2 Å². The first-order valence-electron chi connectivity index (χ1n) is 9.19. The molecule has 2 N–H and O–H groups in total. The molecule has 0 aliphatic rings. The number of hydrogen-bond donors (Lipinski definition) is 2. The molecule has 2 heterocycles. The highest BCUT2D eigenvalue weighted by atomic mass is 35.5. The van der Waals surface area contributed by atoms with E-state index in [0.717, 1.165) is 21.9 Å². The van der Waals surface area contributed by atoms with Crippen molar-refractivity contribution in [2.75, 3.05) is 5.32 Å². The van der Waals surface area contributed by atoms with Crippen molar-refractivity contribution in [3.63, 3.8) is 0 Å². The zero-order valence-corrected chi connectivity index (χ0v) is 17.0. The average Bonchev–Trinajstić information content (AvgIpc) is 2.75. The molecule has 0 aliphatic heterocycles. The standard InChI is InChI=1S/C23H14Cl2N4O/c24-14-8-9-19(18(25)12-14)27-23-28-21-20(22(30)29-23)17(10-11-26-21)16-7-3-5-13-4-1-2-6-15(13)16/h1-12H,(H2,26,27,28,29,30). The van der Waals surface area contributed by atoms with Gasteiger partial charge in [-0.1, -0.05) is 65.7 Å². The lowest BCUT2D eigenvalue weighted by Crippen LogP contribution is -2.13. The van der Waals surface area contributed by atoms with Crippen LogP contribution in [0, 0.1) is 0 Å². The van der Waals surface area contributed by atoms with Crippen molar-refractivity contribution < 1.29 is 0 Å². The summed E-state index contributed by atoms with van der Waals surface area (Å²) in [5, 5.41) is 6.55. The monoisotopic (exact) mass is 432 g/mol. The van der Waals surface area contributed by atoms with Crippen molar-refractivity contribution in [3.05, 3.63) is 93.3 Å². The van der Waals surface area contributed by atoms with E-state index in [9.17, 15) is 4.79 Å². The Morgan fingerprint density at radius 2 is 1.73 bits per heavy atom. The van der Waals surface area contributed by atoms with E-state index < -0.39 is 0 Å². The summed E-state index contributed by atoms with van der Waals surface area (Å²) in [6, 6.07) is 20.9. The number of rotatable bonds is 3. The fourth-order valence-corrected chi connectivity index (χ4v) is 3.98. The normalized spacial score (nSPS) is 11.1. The number of hydrogen-bond acceptors (Lipinski definition) is 4. The second-order valence-electron chi connectivity index (χ2n) is 6.75. The molecule has 0 radical (unpaired) electrons. The summed E-state index contributed by atoms with van der Waals surface area (Å²) >= 11 is 12.2. The molecule has 0 aliphatic carbocycles. The highest BCUT2D eigenvalue weighted by Crippen LogP contribution is 2.32. The molecule has 0 fully saturated rings. The predicted octanol–water partition coefficient (Wildman–Crippen LogP) is 6.19. The lowest BCUT2D eigenvalue weighted by molar-refractivity contribution is 1.14. The van der Waals surface area contributed by atoms with Crippen LogP contribution in [0.4, 0.5) is 11.6 Å². The van der Waals surface area contributed by atoms with Crippen LogP contribution in [0.2, 0.25) is 10.0 Å². The summed E-state index contributed by atoms with van der Waals surface area (Å²) < 4.78 is 0. The van der Waals surface area contributed by atoms with Crippen LogP contribution in [0.3, 0.4) is 0 Å². The third-order valence-electron chi connectivity index (χ3n) is 4.87. The molecule has 7 heteroatoms. The van der Waals surface area contributed by atoms with Gasteiger partial charge < -0.3 is 5.32 Å². The topological polar surface area (TPSA) is 70.7 Å². The first-order valence-corrected chi connectivity index (χ1v) is 9.95. The van der Waals surface area contributed by atoms with E-state index in [-0.39, 0.29) is 11.5 Å². The summed E-state index contributed by atoms with van der Waals surface area (Å²) in [6.45, 7) is 0. The van der Waals surface area contributed by atoms with E-state index in [1.807, 2.05) is 48.5 Å². The Labute approximate surface area is 181 Å². The van der Waals surface area contributed by atoms with Gasteiger partial charge in [0.05, 0.1) is 16.1 Å². The molecular weight excluding hydrogens is 419 g/mol. The Hall–Kier alpha value is -3.41. The predicted molar refractivity (Wildman–Crippen MR) is 123 cm³/mol. The highest BCUT2D eigenvalue weighted by Gasteiger charge is 2.14. The SMILES string of the molecule is O=c1[nH]c(Nc2ccc(Cl)cc2Cl)nc2nccc(-c3cccc4ccccc34)c12. The third-order valence-corrected chi connectivity index (χ3v) is 5.42. The first kappa shape index (κ1) is 18.6. The van der Waals surface area contributed by atoms with E-state index in [1.54, 1.807) is 24.4 Å². The first-order chi connectivity index (χ1) is 14.6. The van der Waals surface area contributed by atoms with E-state index >= 15 is 0 Å². The van der Waals surface area contributed by atoms with Crippen molar-refractivity contribution in [2.45, 2.75) is 0 Å². The maximum Gasteiger partial charge on any atom is 0.262 e. The maximum absolute atomic E-state index is 13.0. The van der Waals surface area contributed by atoms with Gasteiger partial charge in [0.15, 0.2) is 5.65 Å². The van der Waals surface area contributed by atoms with Gasteiger partial charge in [-0.05, 0) is 40.6 Å². The molecule has 0 bridgehead atoms. The van der Waals surface area contributed by atoms with E-state index in [1.165, 1.54) is 0 Å². The van der Waals surface area contributed by atoms with Gasteiger partial charge in [0, 0.05) is 16.8 Å². The fraction of sp³-hybridized carbons (Fsp3) is 0. The van der Waals surface area contributed by atoms with Crippen LogP contribution in [-0.4, -0.2) is 15.0 Å². The number of nitrogens with zero attached hydrogens (tertiary/aromatic N) is 2. The number of pyridine rings is 1. The quantitative estimate of drug-likeness (QED) is 0.356. The van der Waals surface area contributed by atoms with Crippen molar-refractivity contribution in [1.29, 1.82) is 0 Å². The molecule has 0 unspecified atom stereocenters. The second-order valence-corrected chi connectivity index (χ2v) is 7.59. The van der Waals surface area contributed by atoms with Crippen molar-refractivity contribution in [2.24, 2.45) is 0 Å². The van der Waals surface area contributed by atoms with Crippen LogP contribution in [0.25, 0.3) is 32.9 Å². The molecule has 30 heavy (non-hydrogen) atoms. The fourth-order valence-electron chi connectivity index (χ4n) is 3.53. The smallest absolute Gasteiger partial charge is 0.262 e. The second kappa shape index (κ2) is 7.44. The number of aromatic nitrogens is 3. The number of H-pyrrole nitrogens is 1. The zero-order chi connectivity index (χ0) is 20.7. The summed E-state index contributed by atoms with van der Waals surface area (Å²) in [4.78, 5) is 24.6. The van der Waals surface area contributed by atoms with Gasteiger partial charge in [-0.25, -0.2) is 4.98 Å². The van der Waals surface area contributed by atoms with Gasteiger partial charge in [-0.3, -0.25) is 9.78 Å². The van der Waals surface area contributed by atoms with E-state index in [0.29, 0.717) is 26.8 Å². The number of aromatic amines is 1. The minimum Gasteiger partial charge on any atom is -0.324 e. The number of benzene rings is 3.